The largest absolute Gasteiger partial charge is 0.497 e. The lowest BCUT2D eigenvalue weighted by atomic mass is 9.91. The maximum Gasteiger partial charge on any atom is 0.206 e. The quantitative estimate of drug-likeness (QED) is 0.897. The van der Waals surface area contributed by atoms with Crippen molar-refractivity contribution < 1.29 is 13.2 Å². The number of fused-ring (bicyclic) bond motifs is 3. The van der Waals surface area contributed by atoms with Gasteiger partial charge in [0.05, 0.1) is 16.9 Å². The molecule has 5 nitrogen and oxygen atoms in total. The fourth-order valence-corrected chi connectivity index (χ4v) is 5.31. The number of likely N-dealkylation sites (tertiary alicyclic amines) is 1. The van der Waals surface area contributed by atoms with Crippen LogP contribution in [-0.4, -0.2) is 46.6 Å². The zero-order valence-corrected chi connectivity index (χ0v) is 15.9. The lowest BCUT2D eigenvalue weighted by molar-refractivity contribution is 0.346. The molecule has 0 saturated carbocycles. The van der Waals surface area contributed by atoms with Gasteiger partial charge in [0.1, 0.15) is 5.75 Å². The van der Waals surface area contributed by atoms with E-state index in [1.807, 2.05) is 12.1 Å². The van der Waals surface area contributed by atoms with Crippen molar-refractivity contribution in [3.05, 3.63) is 48.0 Å². The molecule has 138 valence electrons. The molecule has 1 N–H and O–H groups in total. The predicted molar refractivity (Wildman–Crippen MR) is 102 cm³/mol. The van der Waals surface area contributed by atoms with E-state index < -0.39 is 9.84 Å². The molecule has 0 amide bonds. The Hall–Kier alpha value is -2.05. The Morgan fingerprint density at radius 2 is 1.73 bits per heavy atom. The highest BCUT2D eigenvalue weighted by Crippen LogP contribution is 2.42. The maximum atomic E-state index is 13.0. The highest BCUT2D eigenvalue weighted by Gasteiger charge is 2.34. The maximum absolute atomic E-state index is 13.0. The highest BCUT2D eigenvalue weighted by molar-refractivity contribution is 7.91. The molecule has 0 bridgehead atoms. The lowest BCUT2D eigenvalue weighted by Crippen LogP contribution is -2.22. The number of anilines is 1. The van der Waals surface area contributed by atoms with Crippen LogP contribution in [0.2, 0.25) is 0 Å². The SMILES string of the molecule is COc1ccc(S(=O)(=O)c2ccc3c(c2)[C@H]2CCN(C)CCC2N3)cc1. The van der Waals surface area contributed by atoms with E-state index in [9.17, 15) is 8.42 Å². The second-order valence-electron chi connectivity index (χ2n) is 7.17. The summed E-state index contributed by atoms with van der Waals surface area (Å²) >= 11 is 0. The third-order valence-electron chi connectivity index (χ3n) is 5.57. The molecule has 2 aliphatic heterocycles. The van der Waals surface area contributed by atoms with Gasteiger partial charge >= 0.3 is 0 Å². The summed E-state index contributed by atoms with van der Waals surface area (Å²) in [7, 11) is 0.175. The number of nitrogens with zero attached hydrogens (tertiary/aromatic N) is 1. The molecule has 2 aromatic carbocycles. The van der Waals surface area contributed by atoms with Gasteiger partial charge in [0, 0.05) is 17.6 Å². The number of hydrogen-bond acceptors (Lipinski definition) is 5. The van der Waals surface area contributed by atoms with Crippen molar-refractivity contribution in [1.29, 1.82) is 0 Å². The van der Waals surface area contributed by atoms with Gasteiger partial charge in [0.15, 0.2) is 0 Å². The first kappa shape index (κ1) is 17.4. The molecule has 0 radical (unpaired) electrons. The summed E-state index contributed by atoms with van der Waals surface area (Å²) in [6.45, 7) is 2.11. The summed E-state index contributed by atoms with van der Waals surface area (Å²) in [5.41, 5.74) is 2.22. The molecule has 1 saturated heterocycles. The van der Waals surface area contributed by atoms with Gasteiger partial charge in [-0.05, 0) is 81.0 Å². The van der Waals surface area contributed by atoms with Crippen LogP contribution in [0.3, 0.4) is 0 Å². The minimum Gasteiger partial charge on any atom is -0.497 e. The van der Waals surface area contributed by atoms with Crippen LogP contribution in [0.15, 0.2) is 52.3 Å². The fourth-order valence-electron chi connectivity index (χ4n) is 4.02. The molecular formula is C20H24N2O3S. The van der Waals surface area contributed by atoms with Gasteiger partial charge in [-0.15, -0.1) is 0 Å². The second-order valence-corrected chi connectivity index (χ2v) is 9.12. The van der Waals surface area contributed by atoms with Gasteiger partial charge in [-0.25, -0.2) is 8.42 Å². The number of nitrogens with one attached hydrogen (secondary N) is 1. The Bertz CT molecular complexity index is 909. The van der Waals surface area contributed by atoms with Crippen molar-refractivity contribution in [2.75, 3.05) is 32.6 Å². The average Bonchev–Trinajstić information content (AvgIpc) is 2.90. The van der Waals surface area contributed by atoms with Crippen LogP contribution in [0.5, 0.6) is 5.75 Å². The van der Waals surface area contributed by atoms with Crippen LogP contribution in [0, 0.1) is 0 Å². The van der Waals surface area contributed by atoms with E-state index >= 15 is 0 Å². The normalized spacial score (nSPS) is 22.8. The average molecular weight is 372 g/mol. The Morgan fingerprint density at radius 3 is 2.46 bits per heavy atom. The van der Waals surface area contributed by atoms with Crippen molar-refractivity contribution in [2.24, 2.45) is 0 Å². The first-order valence-corrected chi connectivity index (χ1v) is 10.5. The Morgan fingerprint density at radius 1 is 1.04 bits per heavy atom. The van der Waals surface area contributed by atoms with Crippen molar-refractivity contribution in [3.63, 3.8) is 0 Å². The van der Waals surface area contributed by atoms with Crippen molar-refractivity contribution in [2.45, 2.75) is 34.6 Å². The highest BCUT2D eigenvalue weighted by atomic mass is 32.2. The van der Waals surface area contributed by atoms with Crippen LogP contribution < -0.4 is 10.1 Å². The summed E-state index contributed by atoms with van der Waals surface area (Å²) in [6, 6.07) is 12.5. The topological polar surface area (TPSA) is 58.6 Å². The molecule has 4 rings (SSSR count). The van der Waals surface area contributed by atoms with Gasteiger partial charge in [-0.2, -0.15) is 0 Å². The first-order valence-electron chi connectivity index (χ1n) is 8.97. The number of ether oxygens (including phenoxy) is 1. The Labute approximate surface area is 154 Å². The third-order valence-corrected chi connectivity index (χ3v) is 7.34. The molecule has 0 aliphatic carbocycles. The molecule has 26 heavy (non-hydrogen) atoms. The zero-order valence-electron chi connectivity index (χ0n) is 15.1. The van der Waals surface area contributed by atoms with E-state index in [0.29, 0.717) is 27.5 Å². The number of rotatable bonds is 3. The molecule has 0 spiro atoms. The summed E-state index contributed by atoms with van der Waals surface area (Å²) in [6.07, 6.45) is 2.13. The minimum atomic E-state index is -3.54. The van der Waals surface area contributed by atoms with E-state index in [-0.39, 0.29) is 0 Å². The summed E-state index contributed by atoms with van der Waals surface area (Å²) in [5.74, 6) is 1.02. The summed E-state index contributed by atoms with van der Waals surface area (Å²) in [5, 5.41) is 3.59. The standard InChI is InChI=1S/C20H24N2O3S/c1-22-11-9-17-18-13-16(7-8-19(18)21-20(17)10-12-22)26(23,24)15-5-3-14(25-2)4-6-15/h3-8,13,17,20-21H,9-12H2,1-2H3/t17-,20?/m1/s1. The molecule has 1 fully saturated rings. The Balaban J connectivity index is 1.69. The molecular weight excluding hydrogens is 348 g/mol. The van der Waals surface area contributed by atoms with E-state index in [4.69, 9.17) is 4.74 Å². The number of methoxy groups -OCH3 is 1. The van der Waals surface area contributed by atoms with Crippen molar-refractivity contribution >= 4 is 15.5 Å². The van der Waals surface area contributed by atoms with Gasteiger partial charge in [-0.1, -0.05) is 0 Å². The smallest absolute Gasteiger partial charge is 0.206 e. The van der Waals surface area contributed by atoms with Gasteiger partial charge < -0.3 is 15.0 Å². The third kappa shape index (κ3) is 2.97. The molecule has 2 aliphatic rings. The molecule has 2 heterocycles. The zero-order chi connectivity index (χ0) is 18.3. The van der Waals surface area contributed by atoms with E-state index in [0.717, 1.165) is 37.2 Å². The summed E-state index contributed by atoms with van der Waals surface area (Å²) in [4.78, 5) is 3.00. The van der Waals surface area contributed by atoms with Gasteiger partial charge in [0.25, 0.3) is 0 Å². The lowest BCUT2D eigenvalue weighted by Gasteiger charge is -2.16. The number of benzene rings is 2. The Kier molecular flexibility index (Phi) is 4.40. The molecule has 1 unspecified atom stereocenters. The molecule has 0 aromatic heterocycles. The van der Waals surface area contributed by atoms with Crippen LogP contribution in [0.25, 0.3) is 0 Å². The van der Waals surface area contributed by atoms with E-state index in [1.54, 1.807) is 37.4 Å². The number of sulfone groups is 1. The van der Waals surface area contributed by atoms with Crippen molar-refractivity contribution in [1.82, 2.24) is 4.90 Å². The predicted octanol–water partition coefficient (Wildman–Crippen LogP) is 3.13. The van der Waals surface area contributed by atoms with Crippen molar-refractivity contribution in [3.8, 4) is 5.75 Å². The summed E-state index contributed by atoms with van der Waals surface area (Å²) < 4.78 is 31.2. The molecule has 6 heteroatoms. The minimum absolute atomic E-state index is 0.293. The fraction of sp³-hybridized carbons (Fsp3) is 0.400. The first-order chi connectivity index (χ1) is 12.5. The van der Waals surface area contributed by atoms with Crippen LogP contribution in [-0.2, 0) is 9.84 Å². The van der Waals surface area contributed by atoms with Gasteiger partial charge in [-0.3, -0.25) is 0 Å². The van der Waals surface area contributed by atoms with E-state index in [1.165, 1.54) is 0 Å². The van der Waals surface area contributed by atoms with Gasteiger partial charge in [0.2, 0.25) is 9.84 Å². The van der Waals surface area contributed by atoms with Crippen LogP contribution >= 0.6 is 0 Å². The monoisotopic (exact) mass is 372 g/mol. The number of hydrogen-bond donors (Lipinski definition) is 1. The van der Waals surface area contributed by atoms with Crippen LogP contribution in [0.1, 0.15) is 24.3 Å². The molecule has 2 atom stereocenters. The second kappa shape index (κ2) is 6.59. The van der Waals surface area contributed by atoms with Crippen LogP contribution in [0.4, 0.5) is 5.69 Å². The molecule has 2 aromatic rings. The van der Waals surface area contributed by atoms with E-state index in [2.05, 4.69) is 17.3 Å².